The maximum Gasteiger partial charge on any atom is 0.273 e. The van der Waals surface area contributed by atoms with Crippen molar-refractivity contribution in [2.45, 2.75) is 6.42 Å². The van der Waals surface area contributed by atoms with Crippen LogP contribution in [0.3, 0.4) is 0 Å². The SMILES string of the molecule is NC(=O)Cc1cc(Cl)ccc1[N+](=O)[O-]. The molecule has 14 heavy (non-hydrogen) atoms. The first-order valence-corrected chi connectivity index (χ1v) is 4.09. The molecule has 1 aromatic carbocycles. The minimum Gasteiger partial charge on any atom is -0.369 e. The molecule has 0 saturated heterocycles. The predicted molar refractivity (Wildman–Crippen MR) is 51.0 cm³/mol. The summed E-state index contributed by atoms with van der Waals surface area (Å²) in [5, 5.41) is 10.9. The Kier molecular flexibility index (Phi) is 3.03. The van der Waals surface area contributed by atoms with Gasteiger partial charge in [0.25, 0.3) is 5.69 Å². The molecule has 1 rings (SSSR count). The van der Waals surface area contributed by atoms with Gasteiger partial charge in [0.2, 0.25) is 5.91 Å². The van der Waals surface area contributed by atoms with Crippen molar-refractivity contribution in [2.24, 2.45) is 5.73 Å². The summed E-state index contributed by atoms with van der Waals surface area (Å²) in [6.07, 6.45) is -0.184. The minimum atomic E-state index is -0.629. The Balaban J connectivity index is 3.15. The first-order chi connectivity index (χ1) is 6.50. The van der Waals surface area contributed by atoms with Crippen molar-refractivity contribution in [1.82, 2.24) is 0 Å². The maximum atomic E-state index is 10.6. The molecule has 1 amide bonds. The van der Waals surface area contributed by atoms with E-state index < -0.39 is 10.8 Å². The first-order valence-electron chi connectivity index (χ1n) is 3.72. The third-order valence-electron chi connectivity index (χ3n) is 1.60. The Morgan fingerprint density at radius 3 is 2.71 bits per heavy atom. The lowest BCUT2D eigenvalue weighted by Gasteiger charge is -2.00. The normalized spacial score (nSPS) is 9.79. The number of rotatable bonds is 3. The number of nitrogens with two attached hydrogens (primary N) is 1. The van der Waals surface area contributed by atoms with Gasteiger partial charge in [-0.15, -0.1) is 0 Å². The molecule has 0 spiro atoms. The van der Waals surface area contributed by atoms with Crippen LogP contribution in [0.25, 0.3) is 0 Å². The van der Waals surface area contributed by atoms with E-state index in [0.29, 0.717) is 5.02 Å². The quantitative estimate of drug-likeness (QED) is 0.607. The van der Waals surface area contributed by atoms with Crippen LogP contribution in [0.5, 0.6) is 0 Å². The van der Waals surface area contributed by atoms with E-state index in [0.717, 1.165) is 0 Å². The summed E-state index contributed by atoms with van der Waals surface area (Å²) in [5.74, 6) is -0.629. The van der Waals surface area contributed by atoms with Gasteiger partial charge in [0.05, 0.1) is 11.3 Å². The molecule has 0 atom stereocenters. The predicted octanol–water partition coefficient (Wildman–Crippen LogP) is 1.28. The van der Waals surface area contributed by atoms with E-state index >= 15 is 0 Å². The highest BCUT2D eigenvalue weighted by Gasteiger charge is 2.15. The summed E-state index contributed by atoms with van der Waals surface area (Å²) in [7, 11) is 0. The maximum absolute atomic E-state index is 10.6. The van der Waals surface area contributed by atoms with E-state index in [-0.39, 0.29) is 17.7 Å². The monoisotopic (exact) mass is 214 g/mol. The number of benzene rings is 1. The van der Waals surface area contributed by atoms with Crippen molar-refractivity contribution in [2.75, 3.05) is 0 Å². The van der Waals surface area contributed by atoms with Gasteiger partial charge in [-0.3, -0.25) is 14.9 Å². The number of carbonyl (C=O) groups excluding carboxylic acids is 1. The van der Waals surface area contributed by atoms with Crippen molar-refractivity contribution in [1.29, 1.82) is 0 Å². The average Bonchev–Trinajstić information content (AvgIpc) is 2.01. The Bertz CT molecular complexity index is 392. The van der Waals surface area contributed by atoms with Crippen molar-refractivity contribution >= 4 is 23.2 Å². The highest BCUT2D eigenvalue weighted by Crippen LogP contribution is 2.22. The summed E-state index contributed by atoms with van der Waals surface area (Å²) >= 11 is 5.63. The van der Waals surface area contributed by atoms with Crippen molar-refractivity contribution in [3.8, 4) is 0 Å². The number of nitrogens with zero attached hydrogens (tertiary/aromatic N) is 1. The highest BCUT2D eigenvalue weighted by atomic mass is 35.5. The zero-order chi connectivity index (χ0) is 10.7. The van der Waals surface area contributed by atoms with Crippen LogP contribution in [-0.2, 0) is 11.2 Å². The van der Waals surface area contributed by atoms with E-state index in [1.165, 1.54) is 18.2 Å². The number of hydrogen-bond donors (Lipinski definition) is 1. The molecule has 6 heteroatoms. The number of nitro groups is 1. The van der Waals surface area contributed by atoms with E-state index in [2.05, 4.69) is 0 Å². The molecule has 0 aliphatic carbocycles. The van der Waals surface area contributed by atoms with Crippen LogP contribution in [0.1, 0.15) is 5.56 Å². The molecule has 74 valence electrons. The van der Waals surface area contributed by atoms with E-state index in [1.807, 2.05) is 0 Å². The Hall–Kier alpha value is -1.62. The Morgan fingerprint density at radius 2 is 2.21 bits per heavy atom. The molecule has 1 aromatic rings. The number of halogens is 1. The number of primary amides is 1. The first kappa shape index (κ1) is 10.5. The number of hydrogen-bond acceptors (Lipinski definition) is 3. The average molecular weight is 215 g/mol. The van der Waals surface area contributed by atoms with Crippen LogP contribution in [-0.4, -0.2) is 10.8 Å². The Labute approximate surface area is 84.6 Å². The van der Waals surface area contributed by atoms with Gasteiger partial charge >= 0.3 is 0 Å². The number of nitro benzene ring substituents is 1. The molecule has 5 nitrogen and oxygen atoms in total. The third kappa shape index (κ3) is 2.43. The third-order valence-corrected chi connectivity index (χ3v) is 1.84. The van der Waals surface area contributed by atoms with Gasteiger partial charge in [-0.1, -0.05) is 11.6 Å². The fourth-order valence-corrected chi connectivity index (χ4v) is 1.26. The molecule has 0 aromatic heterocycles. The molecular weight excluding hydrogens is 208 g/mol. The highest BCUT2D eigenvalue weighted by molar-refractivity contribution is 6.30. The van der Waals surface area contributed by atoms with Crippen LogP contribution in [0.15, 0.2) is 18.2 Å². The molecule has 0 heterocycles. The van der Waals surface area contributed by atoms with Crippen LogP contribution >= 0.6 is 11.6 Å². The second-order valence-corrected chi connectivity index (χ2v) is 3.11. The minimum absolute atomic E-state index is 0.145. The summed E-state index contributed by atoms with van der Waals surface area (Å²) < 4.78 is 0. The van der Waals surface area contributed by atoms with Gasteiger partial charge in [-0.25, -0.2) is 0 Å². The second kappa shape index (κ2) is 4.06. The van der Waals surface area contributed by atoms with Crippen LogP contribution in [0, 0.1) is 10.1 Å². The second-order valence-electron chi connectivity index (χ2n) is 2.67. The fraction of sp³-hybridized carbons (Fsp3) is 0.125. The Morgan fingerprint density at radius 1 is 1.57 bits per heavy atom. The molecule has 2 N–H and O–H groups in total. The largest absolute Gasteiger partial charge is 0.369 e. The van der Waals surface area contributed by atoms with Gasteiger partial charge in [-0.05, 0) is 12.1 Å². The van der Waals surface area contributed by atoms with Gasteiger partial charge in [0.15, 0.2) is 0 Å². The summed E-state index contributed by atoms with van der Waals surface area (Å²) in [6, 6.07) is 4.01. The van der Waals surface area contributed by atoms with Gasteiger partial charge in [0, 0.05) is 16.7 Å². The lowest BCUT2D eigenvalue weighted by molar-refractivity contribution is -0.385. The summed E-state index contributed by atoms with van der Waals surface area (Å²) in [4.78, 5) is 20.6. The standard InChI is InChI=1S/C8H7ClN2O3/c9-6-1-2-7(11(13)14)5(3-6)4-8(10)12/h1-3H,4H2,(H2,10,12). The molecule has 0 fully saturated rings. The van der Waals surface area contributed by atoms with Crippen molar-refractivity contribution in [3.05, 3.63) is 38.9 Å². The van der Waals surface area contributed by atoms with E-state index in [4.69, 9.17) is 17.3 Å². The summed E-state index contributed by atoms with van der Waals surface area (Å²) in [6.45, 7) is 0. The molecule has 0 bridgehead atoms. The van der Waals surface area contributed by atoms with Crippen LogP contribution < -0.4 is 5.73 Å². The topological polar surface area (TPSA) is 86.2 Å². The van der Waals surface area contributed by atoms with Crippen LogP contribution in [0.2, 0.25) is 5.02 Å². The molecule has 0 saturated carbocycles. The van der Waals surface area contributed by atoms with Crippen molar-refractivity contribution in [3.63, 3.8) is 0 Å². The number of amides is 1. The van der Waals surface area contributed by atoms with Crippen LogP contribution in [0.4, 0.5) is 5.69 Å². The smallest absolute Gasteiger partial charge is 0.273 e. The summed E-state index contributed by atoms with van der Waals surface area (Å²) in [5.41, 5.74) is 5.03. The van der Waals surface area contributed by atoms with E-state index in [9.17, 15) is 14.9 Å². The molecule has 0 radical (unpaired) electrons. The molecule has 0 aliphatic rings. The van der Waals surface area contributed by atoms with Gasteiger partial charge in [0.1, 0.15) is 0 Å². The lowest BCUT2D eigenvalue weighted by atomic mass is 10.1. The molecule has 0 aliphatic heterocycles. The van der Waals surface area contributed by atoms with Crippen molar-refractivity contribution < 1.29 is 9.72 Å². The fourth-order valence-electron chi connectivity index (χ4n) is 1.06. The number of carbonyl (C=O) groups is 1. The molecule has 0 unspecified atom stereocenters. The zero-order valence-electron chi connectivity index (χ0n) is 7.07. The van der Waals surface area contributed by atoms with E-state index in [1.54, 1.807) is 0 Å². The van der Waals surface area contributed by atoms with Gasteiger partial charge < -0.3 is 5.73 Å². The lowest BCUT2D eigenvalue weighted by Crippen LogP contribution is -2.14. The molecular formula is C8H7ClN2O3. The zero-order valence-corrected chi connectivity index (χ0v) is 7.82. The van der Waals surface area contributed by atoms with Gasteiger partial charge in [-0.2, -0.15) is 0 Å².